The van der Waals surface area contributed by atoms with Gasteiger partial charge in [0, 0.05) is 29.7 Å². The molecule has 0 radical (unpaired) electrons. The van der Waals surface area contributed by atoms with E-state index < -0.39 is 10.0 Å². The molecule has 6 nitrogen and oxygen atoms in total. The average Bonchev–Trinajstić information content (AvgIpc) is 3.14. The molecule has 1 fully saturated rings. The number of carbonyl (C=O) groups is 1. The Balaban J connectivity index is 1.44. The van der Waals surface area contributed by atoms with Gasteiger partial charge in [-0.3, -0.25) is 4.79 Å². The van der Waals surface area contributed by atoms with E-state index in [9.17, 15) is 13.2 Å². The van der Waals surface area contributed by atoms with Gasteiger partial charge in [0.05, 0.1) is 17.6 Å². The van der Waals surface area contributed by atoms with Crippen LogP contribution in [0, 0.1) is 19.8 Å². The molecular formula is C24H28N2O4S. The van der Waals surface area contributed by atoms with Crippen LogP contribution >= 0.6 is 0 Å². The Morgan fingerprint density at radius 1 is 1.16 bits per heavy atom. The maximum absolute atomic E-state index is 12.9. The van der Waals surface area contributed by atoms with Gasteiger partial charge in [0.15, 0.2) is 0 Å². The van der Waals surface area contributed by atoms with Crippen molar-refractivity contribution in [1.82, 2.24) is 4.31 Å². The molecule has 3 aromatic rings. The van der Waals surface area contributed by atoms with Gasteiger partial charge in [-0.25, -0.2) is 8.42 Å². The van der Waals surface area contributed by atoms with Crippen molar-refractivity contribution in [2.24, 2.45) is 5.92 Å². The fraction of sp³-hybridized carbons (Fsp3) is 0.375. The minimum absolute atomic E-state index is 0.179. The zero-order valence-corrected chi connectivity index (χ0v) is 19.0. The number of nitrogens with zero attached hydrogens (tertiary/aromatic N) is 1. The highest BCUT2D eigenvalue weighted by molar-refractivity contribution is 7.89. The first kappa shape index (κ1) is 21.6. The summed E-state index contributed by atoms with van der Waals surface area (Å²) in [7, 11) is -3.50. The number of nitrogens with one attached hydrogen (secondary N) is 1. The zero-order valence-electron chi connectivity index (χ0n) is 18.1. The van der Waals surface area contributed by atoms with Gasteiger partial charge in [-0.1, -0.05) is 19.1 Å². The second kappa shape index (κ2) is 8.48. The van der Waals surface area contributed by atoms with Crippen molar-refractivity contribution in [2.75, 3.05) is 18.4 Å². The first-order valence-corrected chi connectivity index (χ1v) is 12.1. The van der Waals surface area contributed by atoms with Crippen molar-refractivity contribution < 1.29 is 17.6 Å². The van der Waals surface area contributed by atoms with Crippen LogP contribution in [-0.2, 0) is 21.2 Å². The lowest BCUT2D eigenvalue weighted by Crippen LogP contribution is -2.39. The fourth-order valence-corrected chi connectivity index (χ4v) is 5.73. The Bertz CT molecular complexity index is 1210. The highest BCUT2D eigenvalue weighted by Crippen LogP contribution is 2.27. The van der Waals surface area contributed by atoms with Crippen molar-refractivity contribution in [3.63, 3.8) is 0 Å². The number of benzene rings is 2. The summed E-state index contributed by atoms with van der Waals surface area (Å²) in [6, 6.07) is 10.4. The van der Waals surface area contributed by atoms with Crippen molar-refractivity contribution >= 4 is 32.6 Å². The third-order valence-electron chi connectivity index (χ3n) is 6.09. The summed E-state index contributed by atoms with van der Waals surface area (Å²) in [6.07, 6.45) is 3.76. The van der Waals surface area contributed by atoms with Crippen LogP contribution in [0.25, 0.3) is 11.0 Å². The molecular weight excluding hydrogens is 412 g/mol. The van der Waals surface area contributed by atoms with Crippen molar-refractivity contribution in [3.05, 3.63) is 59.4 Å². The van der Waals surface area contributed by atoms with Gasteiger partial charge in [-0.2, -0.15) is 4.31 Å². The predicted octanol–water partition coefficient (Wildman–Crippen LogP) is 4.65. The van der Waals surface area contributed by atoms with E-state index in [2.05, 4.69) is 12.2 Å². The highest BCUT2D eigenvalue weighted by atomic mass is 32.2. The number of anilines is 1. The second-order valence-corrected chi connectivity index (χ2v) is 10.4. The van der Waals surface area contributed by atoms with E-state index in [1.807, 2.05) is 26.0 Å². The van der Waals surface area contributed by atoms with Crippen LogP contribution in [0.5, 0.6) is 0 Å². The van der Waals surface area contributed by atoms with Crippen LogP contribution in [0.4, 0.5) is 5.69 Å². The number of fused-ring (bicyclic) bond motifs is 1. The van der Waals surface area contributed by atoms with Gasteiger partial charge >= 0.3 is 0 Å². The molecule has 2 heterocycles. The van der Waals surface area contributed by atoms with E-state index in [4.69, 9.17) is 4.42 Å². The molecule has 2 aromatic carbocycles. The summed E-state index contributed by atoms with van der Waals surface area (Å²) >= 11 is 0. The molecule has 0 unspecified atom stereocenters. The lowest BCUT2D eigenvalue weighted by Gasteiger charge is -2.30. The summed E-state index contributed by atoms with van der Waals surface area (Å²) in [6.45, 7) is 7.22. The smallest absolute Gasteiger partial charge is 0.243 e. The quantitative estimate of drug-likeness (QED) is 0.626. The summed E-state index contributed by atoms with van der Waals surface area (Å²) in [5.41, 5.74) is 4.42. The highest BCUT2D eigenvalue weighted by Gasteiger charge is 2.28. The van der Waals surface area contributed by atoms with E-state index >= 15 is 0 Å². The van der Waals surface area contributed by atoms with Gasteiger partial charge in [0.1, 0.15) is 5.58 Å². The Morgan fingerprint density at radius 2 is 1.90 bits per heavy atom. The topological polar surface area (TPSA) is 79.6 Å². The molecule has 164 valence electrons. The molecule has 1 saturated heterocycles. The third kappa shape index (κ3) is 4.38. The van der Waals surface area contributed by atoms with Crippen LogP contribution in [-0.4, -0.2) is 31.7 Å². The predicted molar refractivity (Wildman–Crippen MR) is 122 cm³/mol. The Labute approximate surface area is 183 Å². The maximum Gasteiger partial charge on any atom is 0.243 e. The molecule has 1 N–H and O–H groups in total. The molecule has 1 amide bonds. The Kier molecular flexibility index (Phi) is 5.90. The molecule has 0 bridgehead atoms. The first-order valence-electron chi connectivity index (χ1n) is 10.6. The minimum atomic E-state index is -3.50. The lowest BCUT2D eigenvalue weighted by molar-refractivity contribution is -0.115. The van der Waals surface area contributed by atoms with Crippen molar-refractivity contribution in [2.45, 2.75) is 44.9 Å². The molecule has 0 spiro atoms. The van der Waals surface area contributed by atoms with Crippen LogP contribution in [0.1, 0.15) is 36.5 Å². The van der Waals surface area contributed by atoms with E-state index in [-0.39, 0.29) is 17.2 Å². The van der Waals surface area contributed by atoms with Crippen LogP contribution < -0.4 is 5.32 Å². The van der Waals surface area contributed by atoms with Gasteiger partial charge in [0.2, 0.25) is 15.9 Å². The molecule has 0 aliphatic carbocycles. The standard InChI is InChI=1S/C24H28N2O4S/c1-16-5-4-12-26(14-16)31(28,29)21-9-7-20(8-10-21)25-23(27)13-19-15-30-24-18(3)17(2)6-11-22(19)24/h6-11,15-16H,4-5,12-14H2,1-3H3,(H,25,27)/t16-/m1/s1. The van der Waals surface area contributed by atoms with E-state index in [0.29, 0.717) is 24.7 Å². The number of hydrogen-bond donors (Lipinski definition) is 1. The molecule has 0 saturated carbocycles. The molecule has 1 aromatic heterocycles. The zero-order chi connectivity index (χ0) is 22.2. The van der Waals surface area contributed by atoms with Gasteiger partial charge in [0.25, 0.3) is 0 Å². The Hall–Kier alpha value is -2.64. The van der Waals surface area contributed by atoms with E-state index in [1.54, 1.807) is 34.8 Å². The lowest BCUT2D eigenvalue weighted by atomic mass is 10.0. The molecule has 1 aliphatic rings. The molecule has 1 atom stereocenters. The first-order chi connectivity index (χ1) is 14.8. The van der Waals surface area contributed by atoms with E-state index in [0.717, 1.165) is 40.5 Å². The largest absolute Gasteiger partial charge is 0.464 e. The monoisotopic (exact) mass is 440 g/mol. The number of piperidine rings is 1. The van der Waals surface area contributed by atoms with Gasteiger partial charge < -0.3 is 9.73 Å². The summed E-state index contributed by atoms with van der Waals surface area (Å²) < 4.78 is 33.0. The molecule has 7 heteroatoms. The number of aryl methyl sites for hydroxylation is 2. The molecule has 1 aliphatic heterocycles. The number of furan rings is 1. The van der Waals surface area contributed by atoms with Crippen LogP contribution in [0.15, 0.2) is 52.0 Å². The average molecular weight is 441 g/mol. The van der Waals surface area contributed by atoms with Gasteiger partial charge in [-0.15, -0.1) is 0 Å². The summed E-state index contributed by atoms with van der Waals surface area (Å²) in [5, 5.41) is 3.79. The van der Waals surface area contributed by atoms with Crippen molar-refractivity contribution in [1.29, 1.82) is 0 Å². The second-order valence-electron chi connectivity index (χ2n) is 8.50. The Morgan fingerprint density at radius 3 is 2.61 bits per heavy atom. The third-order valence-corrected chi connectivity index (χ3v) is 7.97. The van der Waals surface area contributed by atoms with Crippen LogP contribution in [0.3, 0.4) is 0 Å². The fourth-order valence-electron chi connectivity index (χ4n) is 4.13. The maximum atomic E-state index is 12.9. The number of amides is 1. The normalized spacial score (nSPS) is 17.7. The minimum Gasteiger partial charge on any atom is -0.464 e. The SMILES string of the molecule is Cc1ccc2c(CC(=O)Nc3ccc(S(=O)(=O)N4CCC[C@@H](C)C4)cc3)coc2c1C. The molecule has 4 rings (SSSR count). The number of rotatable bonds is 5. The summed E-state index contributed by atoms with van der Waals surface area (Å²) in [4.78, 5) is 12.8. The number of carbonyl (C=O) groups excluding carboxylic acids is 1. The summed E-state index contributed by atoms with van der Waals surface area (Å²) in [5.74, 6) is 0.190. The van der Waals surface area contributed by atoms with E-state index in [1.165, 1.54) is 0 Å². The number of sulfonamides is 1. The van der Waals surface area contributed by atoms with Gasteiger partial charge in [-0.05, 0) is 68.0 Å². The molecule has 31 heavy (non-hydrogen) atoms. The number of hydrogen-bond acceptors (Lipinski definition) is 4. The van der Waals surface area contributed by atoms with Crippen LogP contribution in [0.2, 0.25) is 0 Å². The van der Waals surface area contributed by atoms with Crippen molar-refractivity contribution in [3.8, 4) is 0 Å².